The number of carbonyl (C=O) groups excluding carboxylic acids is 2. The summed E-state index contributed by atoms with van der Waals surface area (Å²) in [5.74, 6) is 0.859. The van der Waals surface area contributed by atoms with Gasteiger partial charge in [-0.05, 0) is 34.8 Å². The van der Waals surface area contributed by atoms with E-state index < -0.39 is 5.97 Å². The summed E-state index contributed by atoms with van der Waals surface area (Å²) in [6.45, 7) is 9.79. The van der Waals surface area contributed by atoms with E-state index in [1.807, 2.05) is 32.0 Å². The molecule has 0 fully saturated rings. The fourth-order valence-corrected chi connectivity index (χ4v) is 3.76. The van der Waals surface area contributed by atoms with Gasteiger partial charge in [-0.2, -0.15) is 0 Å². The lowest BCUT2D eigenvalue weighted by atomic mass is 10.1. The normalized spacial score (nSPS) is 10.7. The summed E-state index contributed by atoms with van der Waals surface area (Å²) in [4.78, 5) is 36.8. The summed E-state index contributed by atoms with van der Waals surface area (Å²) in [7, 11) is 3.28. The number of nitrogens with zero attached hydrogens (tertiary/aromatic N) is 1. The van der Waals surface area contributed by atoms with Crippen LogP contribution in [0.4, 0.5) is 0 Å². The quantitative estimate of drug-likeness (QED) is 0.175. The maximum Gasteiger partial charge on any atom is 0.303 e. The minimum absolute atomic E-state index is 0. The van der Waals surface area contributed by atoms with Gasteiger partial charge in [-0.1, -0.05) is 87.1 Å². The lowest BCUT2D eigenvalue weighted by molar-refractivity contribution is -0.138. The molecule has 0 bridgehead atoms. The monoisotopic (exact) mass is 535 g/mol. The first-order valence-electron chi connectivity index (χ1n) is 10.7. The maximum atomic E-state index is 11.5. The third-order valence-corrected chi connectivity index (χ3v) is 6.72. The zero-order chi connectivity index (χ0) is 23.5. The molecule has 0 aliphatic carbocycles. The van der Waals surface area contributed by atoms with E-state index in [-0.39, 0.29) is 54.4 Å². The van der Waals surface area contributed by atoms with Crippen LogP contribution in [0.3, 0.4) is 0 Å². The van der Waals surface area contributed by atoms with Gasteiger partial charge < -0.3 is 15.7 Å². The molecule has 0 saturated heterocycles. The number of pyridine rings is 1. The highest BCUT2D eigenvalue weighted by Crippen LogP contribution is 2.29. The predicted octanol–water partition coefficient (Wildman–Crippen LogP) is 6.93. The van der Waals surface area contributed by atoms with Crippen LogP contribution in [0.1, 0.15) is 89.5 Å². The van der Waals surface area contributed by atoms with Gasteiger partial charge in [0, 0.05) is 37.9 Å². The van der Waals surface area contributed by atoms with E-state index in [2.05, 4.69) is 29.5 Å². The molecule has 1 heterocycles. The van der Waals surface area contributed by atoms with Crippen LogP contribution in [0.15, 0.2) is 29.4 Å². The van der Waals surface area contributed by atoms with E-state index in [1.54, 1.807) is 27.8 Å². The molecule has 0 radical (unpaired) electrons. The van der Waals surface area contributed by atoms with Gasteiger partial charge in [0.2, 0.25) is 11.8 Å². The Morgan fingerprint density at radius 3 is 1.83 bits per heavy atom. The maximum absolute atomic E-state index is 11.5. The second-order valence-corrected chi connectivity index (χ2v) is 9.79. The number of aromatic nitrogens is 1. The fraction of sp³-hybridized carbons (Fsp3) is 0.692. The standard InChI is InChI=1S/C13H20N2OS2.C9H17NO3.4CH4/c1-3-11(2)10-15-12(16)7-9-17-18-13-6-4-5-8-14-13;1-3-7(2)6-10-8(11)4-5-9(12)13;;;;/h4-6,8,11H,3,7,9-10H2,1-2H3,(H,15,16);7H,3-6H2,1-2H3,(H,10,11)(H,12,13);4*1H4. The van der Waals surface area contributed by atoms with Gasteiger partial charge in [0.15, 0.2) is 0 Å². The summed E-state index contributed by atoms with van der Waals surface area (Å²) in [6, 6.07) is 5.84. The van der Waals surface area contributed by atoms with Crippen LogP contribution >= 0.6 is 21.6 Å². The molecule has 1 aromatic rings. The Balaban J connectivity index is -0.000000160. The van der Waals surface area contributed by atoms with Crippen molar-refractivity contribution in [3.8, 4) is 0 Å². The van der Waals surface area contributed by atoms with Gasteiger partial charge in [0.05, 0.1) is 6.42 Å². The zero-order valence-corrected chi connectivity index (χ0v) is 20.7. The summed E-state index contributed by atoms with van der Waals surface area (Å²) in [6.07, 6.45) is 4.45. The van der Waals surface area contributed by atoms with Gasteiger partial charge in [0.1, 0.15) is 5.03 Å². The van der Waals surface area contributed by atoms with Crippen LogP contribution in [-0.4, -0.2) is 46.7 Å². The van der Waals surface area contributed by atoms with Gasteiger partial charge in [-0.15, -0.1) is 0 Å². The molecule has 0 aromatic carbocycles. The van der Waals surface area contributed by atoms with Crippen molar-refractivity contribution in [3.05, 3.63) is 24.4 Å². The van der Waals surface area contributed by atoms with E-state index in [0.29, 0.717) is 24.8 Å². The van der Waals surface area contributed by atoms with Crippen molar-refractivity contribution in [2.45, 2.75) is 94.5 Å². The molecule has 3 N–H and O–H groups in total. The highest BCUT2D eigenvalue weighted by Gasteiger charge is 2.06. The Hall–Kier alpha value is -1.74. The molecule has 2 amide bonds. The van der Waals surface area contributed by atoms with Crippen molar-refractivity contribution >= 4 is 39.4 Å². The summed E-state index contributed by atoms with van der Waals surface area (Å²) in [5.41, 5.74) is 0. The van der Waals surface area contributed by atoms with Crippen LogP contribution in [0.25, 0.3) is 0 Å². The van der Waals surface area contributed by atoms with E-state index in [1.165, 1.54) is 0 Å². The fourth-order valence-electron chi connectivity index (χ4n) is 1.89. The van der Waals surface area contributed by atoms with Crippen molar-refractivity contribution < 1.29 is 19.5 Å². The first-order valence-corrected chi connectivity index (χ1v) is 13.1. The summed E-state index contributed by atoms with van der Waals surface area (Å²) < 4.78 is 0. The van der Waals surface area contributed by atoms with Crippen LogP contribution in [0.5, 0.6) is 0 Å². The number of rotatable bonds is 14. The number of nitrogens with one attached hydrogen (secondary N) is 2. The first kappa shape index (κ1) is 43.3. The number of carboxylic acid groups (broad SMARTS) is 1. The molecule has 0 aliphatic rings. The van der Waals surface area contributed by atoms with E-state index >= 15 is 0 Å². The van der Waals surface area contributed by atoms with Gasteiger partial charge in [-0.25, -0.2) is 4.98 Å². The van der Waals surface area contributed by atoms with Crippen molar-refractivity contribution in [1.29, 1.82) is 0 Å². The smallest absolute Gasteiger partial charge is 0.303 e. The highest BCUT2D eigenvalue weighted by atomic mass is 33.1. The van der Waals surface area contributed by atoms with Gasteiger partial charge >= 0.3 is 5.97 Å². The van der Waals surface area contributed by atoms with E-state index in [9.17, 15) is 14.4 Å². The largest absolute Gasteiger partial charge is 0.481 e. The minimum atomic E-state index is -0.932. The minimum Gasteiger partial charge on any atom is -0.481 e. The zero-order valence-electron chi connectivity index (χ0n) is 19.1. The second-order valence-electron chi connectivity index (χ2n) is 7.35. The molecule has 2 unspecified atom stereocenters. The van der Waals surface area contributed by atoms with E-state index in [0.717, 1.165) is 30.2 Å². The highest BCUT2D eigenvalue weighted by molar-refractivity contribution is 8.76. The third-order valence-electron chi connectivity index (χ3n) is 4.45. The van der Waals surface area contributed by atoms with Gasteiger partial charge in [-0.3, -0.25) is 14.4 Å². The Labute approximate surface area is 223 Å². The number of amides is 2. The Morgan fingerprint density at radius 2 is 1.40 bits per heavy atom. The first-order chi connectivity index (χ1) is 14.8. The number of carbonyl (C=O) groups is 3. The molecule has 1 rings (SSSR count). The molecule has 7 nitrogen and oxygen atoms in total. The average molecular weight is 536 g/mol. The number of hydrogen-bond donors (Lipinski definition) is 3. The predicted molar refractivity (Wildman–Crippen MR) is 156 cm³/mol. The van der Waals surface area contributed by atoms with Crippen molar-refractivity contribution in [2.24, 2.45) is 11.8 Å². The number of hydrogen-bond acceptors (Lipinski definition) is 6. The lowest BCUT2D eigenvalue weighted by Crippen LogP contribution is -2.28. The van der Waals surface area contributed by atoms with Crippen LogP contribution in [-0.2, 0) is 14.4 Å². The topological polar surface area (TPSA) is 108 Å². The molecular formula is C26H53N3O4S2. The van der Waals surface area contributed by atoms with Crippen molar-refractivity contribution in [2.75, 3.05) is 18.8 Å². The number of aliphatic carboxylic acids is 1. The van der Waals surface area contributed by atoms with Crippen LogP contribution in [0, 0.1) is 11.8 Å². The molecule has 0 saturated carbocycles. The molecule has 2 atom stereocenters. The van der Waals surface area contributed by atoms with Crippen LogP contribution in [0.2, 0.25) is 0 Å². The van der Waals surface area contributed by atoms with Crippen molar-refractivity contribution in [1.82, 2.24) is 15.6 Å². The molecule has 9 heteroatoms. The molecule has 0 aliphatic heterocycles. The molecule has 1 aromatic heterocycles. The Bertz CT molecular complexity index is 634. The Kier molecular flexibility index (Phi) is 35.3. The van der Waals surface area contributed by atoms with E-state index in [4.69, 9.17) is 5.11 Å². The average Bonchev–Trinajstić information content (AvgIpc) is 2.78. The number of carboxylic acids is 1. The summed E-state index contributed by atoms with van der Waals surface area (Å²) >= 11 is 0. The lowest BCUT2D eigenvalue weighted by Gasteiger charge is -2.09. The third kappa shape index (κ3) is 28.4. The van der Waals surface area contributed by atoms with Crippen LogP contribution < -0.4 is 10.6 Å². The molecule has 35 heavy (non-hydrogen) atoms. The Morgan fingerprint density at radius 1 is 0.886 bits per heavy atom. The van der Waals surface area contributed by atoms with Crippen molar-refractivity contribution in [3.63, 3.8) is 0 Å². The molecule has 0 spiro atoms. The summed E-state index contributed by atoms with van der Waals surface area (Å²) in [5, 5.41) is 14.9. The molecular weight excluding hydrogens is 482 g/mol. The molecule has 208 valence electrons. The second kappa shape index (κ2) is 28.5. The van der Waals surface area contributed by atoms with Gasteiger partial charge in [0.25, 0.3) is 0 Å². The SMILES string of the molecule is C.C.C.C.CCC(C)CNC(=O)CCC(=O)O.CCC(C)CNC(=O)CCSSc1ccccn1.